The van der Waals surface area contributed by atoms with Gasteiger partial charge in [-0.15, -0.1) is 0 Å². The summed E-state index contributed by atoms with van der Waals surface area (Å²) in [5.41, 5.74) is 2.97. The lowest BCUT2D eigenvalue weighted by molar-refractivity contribution is 0.581. The van der Waals surface area contributed by atoms with Gasteiger partial charge in [-0.05, 0) is 36.8 Å². The highest BCUT2D eigenvalue weighted by Gasteiger charge is 2.13. The van der Waals surface area contributed by atoms with Gasteiger partial charge in [-0.25, -0.2) is 13.1 Å². The van der Waals surface area contributed by atoms with Crippen LogP contribution in [0.15, 0.2) is 53.4 Å². The van der Waals surface area contributed by atoms with Crippen LogP contribution >= 0.6 is 0 Å². The Labute approximate surface area is 119 Å². The second kappa shape index (κ2) is 6.07. The Balaban J connectivity index is 2.08. The SMILES string of the molecule is CNc1ccc(S(=O)(=O)NCc2ccc(C)cc2)cc1. The van der Waals surface area contributed by atoms with Crippen LogP contribution in [0.1, 0.15) is 11.1 Å². The first-order valence-electron chi connectivity index (χ1n) is 6.34. The van der Waals surface area contributed by atoms with Crippen molar-refractivity contribution >= 4 is 15.7 Å². The van der Waals surface area contributed by atoms with Crippen molar-refractivity contribution in [3.05, 3.63) is 59.7 Å². The lowest BCUT2D eigenvalue weighted by Gasteiger charge is -2.08. The molecule has 0 fully saturated rings. The van der Waals surface area contributed by atoms with Crippen molar-refractivity contribution in [1.82, 2.24) is 4.72 Å². The molecule has 0 bridgehead atoms. The molecule has 0 aromatic heterocycles. The summed E-state index contributed by atoms with van der Waals surface area (Å²) in [5, 5.41) is 2.95. The summed E-state index contributed by atoms with van der Waals surface area (Å²) in [6.45, 7) is 2.29. The van der Waals surface area contributed by atoms with Gasteiger partial charge in [0.05, 0.1) is 4.90 Å². The zero-order chi connectivity index (χ0) is 14.6. The van der Waals surface area contributed by atoms with Gasteiger partial charge in [0.1, 0.15) is 0 Å². The lowest BCUT2D eigenvalue weighted by atomic mass is 10.2. The van der Waals surface area contributed by atoms with Crippen LogP contribution in [0.5, 0.6) is 0 Å². The topological polar surface area (TPSA) is 58.2 Å². The van der Waals surface area contributed by atoms with Crippen LogP contribution in [0.4, 0.5) is 5.69 Å². The van der Waals surface area contributed by atoms with Crippen LogP contribution < -0.4 is 10.0 Å². The summed E-state index contributed by atoms with van der Waals surface area (Å²) in [6.07, 6.45) is 0. The standard InChI is InChI=1S/C15H18N2O2S/c1-12-3-5-13(6-4-12)11-17-20(18,19)15-9-7-14(16-2)8-10-15/h3-10,16-17H,11H2,1-2H3. The molecule has 0 atom stereocenters. The second-order valence-corrected chi connectivity index (χ2v) is 6.35. The molecule has 0 unspecified atom stereocenters. The third kappa shape index (κ3) is 3.59. The number of benzene rings is 2. The van der Waals surface area contributed by atoms with E-state index in [0.29, 0.717) is 0 Å². The van der Waals surface area contributed by atoms with E-state index < -0.39 is 10.0 Å². The van der Waals surface area contributed by atoms with E-state index >= 15 is 0 Å². The summed E-state index contributed by atoms with van der Waals surface area (Å²) in [4.78, 5) is 0.267. The van der Waals surface area contributed by atoms with Crippen molar-refractivity contribution in [3.8, 4) is 0 Å². The highest BCUT2D eigenvalue weighted by Crippen LogP contribution is 2.14. The van der Waals surface area contributed by atoms with Crippen molar-refractivity contribution in [2.45, 2.75) is 18.4 Å². The first-order valence-corrected chi connectivity index (χ1v) is 7.82. The number of hydrogen-bond acceptors (Lipinski definition) is 3. The smallest absolute Gasteiger partial charge is 0.240 e. The molecule has 20 heavy (non-hydrogen) atoms. The van der Waals surface area contributed by atoms with Crippen LogP contribution in [-0.4, -0.2) is 15.5 Å². The number of anilines is 1. The van der Waals surface area contributed by atoms with Gasteiger partial charge >= 0.3 is 0 Å². The van der Waals surface area contributed by atoms with Gasteiger partial charge in [-0.2, -0.15) is 0 Å². The minimum absolute atomic E-state index is 0.267. The maximum Gasteiger partial charge on any atom is 0.240 e. The first-order chi connectivity index (χ1) is 9.51. The second-order valence-electron chi connectivity index (χ2n) is 4.58. The molecule has 106 valence electrons. The molecule has 2 aromatic carbocycles. The van der Waals surface area contributed by atoms with Gasteiger partial charge in [-0.3, -0.25) is 0 Å². The highest BCUT2D eigenvalue weighted by molar-refractivity contribution is 7.89. The number of hydrogen-bond donors (Lipinski definition) is 2. The molecule has 0 aliphatic heterocycles. The molecular weight excluding hydrogens is 272 g/mol. The molecule has 0 saturated carbocycles. The molecule has 0 spiro atoms. The average Bonchev–Trinajstić information content (AvgIpc) is 2.47. The maximum atomic E-state index is 12.1. The molecule has 0 aliphatic rings. The molecule has 0 aliphatic carbocycles. The Kier molecular flexibility index (Phi) is 4.42. The number of sulfonamides is 1. The van der Waals surface area contributed by atoms with Crippen molar-refractivity contribution in [2.75, 3.05) is 12.4 Å². The van der Waals surface area contributed by atoms with Gasteiger partial charge in [0.15, 0.2) is 0 Å². The van der Waals surface area contributed by atoms with Gasteiger partial charge in [-0.1, -0.05) is 29.8 Å². The number of aryl methyl sites for hydroxylation is 1. The van der Waals surface area contributed by atoms with Crippen molar-refractivity contribution in [1.29, 1.82) is 0 Å². The van der Waals surface area contributed by atoms with Crippen LogP contribution in [0, 0.1) is 6.92 Å². The van der Waals surface area contributed by atoms with Gasteiger partial charge in [0, 0.05) is 19.3 Å². The van der Waals surface area contributed by atoms with E-state index in [4.69, 9.17) is 0 Å². The highest BCUT2D eigenvalue weighted by atomic mass is 32.2. The molecule has 2 aromatic rings. The van der Waals surface area contributed by atoms with E-state index in [2.05, 4.69) is 10.0 Å². The van der Waals surface area contributed by atoms with Crippen molar-refractivity contribution < 1.29 is 8.42 Å². The summed E-state index contributed by atoms with van der Waals surface area (Å²) >= 11 is 0. The predicted octanol–water partition coefficient (Wildman–Crippen LogP) is 2.52. The summed E-state index contributed by atoms with van der Waals surface area (Å²) in [5.74, 6) is 0. The molecule has 4 nitrogen and oxygen atoms in total. The Hall–Kier alpha value is -1.85. The molecule has 2 N–H and O–H groups in total. The third-order valence-corrected chi connectivity index (χ3v) is 4.46. The van der Waals surface area contributed by atoms with Crippen molar-refractivity contribution in [3.63, 3.8) is 0 Å². The van der Waals surface area contributed by atoms with E-state index in [0.717, 1.165) is 16.8 Å². The van der Waals surface area contributed by atoms with E-state index in [1.807, 2.05) is 31.2 Å². The van der Waals surface area contributed by atoms with E-state index in [1.165, 1.54) is 0 Å². The fourth-order valence-corrected chi connectivity index (χ4v) is 2.79. The fraction of sp³-hybridized carbons (Fsp3) is 0.200. The van der Waals surface area contributed by atoms with Crippen LogP contribution in [-0.2, 0) is 16.6 Å². The Bertz CT molecular complexity index is 662. The monoisotopic (exact) mass is 290 g/mol. The average molecular weight is 290 g/mol. The zero-order valence-electron chi connectivity index (χ0n) is 11.6. The molecule has 0 radical (unpaired) electrons. The van der Waals surface area contributed by atoms with Crippen LogP contribution in [0.3, 0.4) is 0 Å². The van der Waals surface area contributed by atoms with Crippen LogP contribution in [0.2, 0.25) is 0 Å². The summed E-state index contributed by atoms with van der Waals surface area (Å²) < 4.78 is 26.9. The number of nitrogens with one attached hydrogen (secondary N) is 2. The van der Waals surface area contributed by atoms with E-state index in [-0.39, 0.29) is 11.4 Å². The van der Waals surface area contributed by atoms with Gasteiger partial charge in [0.25, 0.3) is 0 Å². The Morgan fingerprint density at radius 2 is 1.55 bits per heavy atom. The molecule has 0 amide bonds. The van der Waals surface area contributed by atoms with E-state index in [1.54, 1.807) is 31.3 Å². The van der Waals surface area contributed by atoms with Crippen molar-refractivity contribution in [2.24, 2.45) is 0 Å². The summed E-state index contributed by atoms with van der Waals surface area (Å²) in [6, 6.07) is 14.4. The van der Waals surface area contributed by atoms with Gasteiger partial charge in [0.2, 0.25) is 10.0 Å². The largest absolute Gasteiger partial charge is 0.388 e. The first kappa shape index (κ1) is 14.6. The molecule has 5 heteroatoms. The number of rotatable bonds is 5. The third-order valence-electron chi connectivity index (χ3n) is 3.04. The zero-order valence-corrected chi connectivity index (χ0v) is 12.4. The minimum atomic E-state index is -3.47. The van der Waals surface area contributed by atoms with Gasteiger partial charge < -0.3 is 5.32 Å². The molecule has 0 saturated heterocycles. The molecule has 2 rings (SSSR count). The fourth-order valence-electron chi connectivity index (χ4n) is 1.77. The van der Waals surface area contributed by atoms with E-state index in [9.17, 15) is 8.42 Å². The Morgan fingerprint density at radius 3 is 2.10 bits per heavy atom. The van der Waals surface area contributed by atoms with Crippen LogP contribution in [0.25, 0.3) is 0 Å². The normalized spacial score (nSPS) is 11.3. The maximum absolute atomic E-state index is 12.1. The molecular formula is C15H18N2O2S. The lowest BCUT2D eigenvalue weighted by Crippen LogP contribution is -2.23. The predicted molar refractivity (Wildman–Crippen MR) is 81.2 cm³/mol. The Morgan fingerprint density at radius 1 is 0.950 bits per heavy atom. The summed E-state index contributed by atoms with van der Waals surface area (Å²) in [7, 11) is -1.68. The minimum Gasteiger partial charge on any atom is -0.388 e. The quantitative estimate of drug-likeness (QED) is 0.889. The molecule has 0 heterocycles.